The van der Waals surface area contributed by atoms with E-state index in [2.05, 4.69) is 5.32 Å². The van der Waals surface area contributed by atoms with Crippen molar-refractivity contribution in [2.24, 2.45) is 0 Å². The van der Waals surface area contributed by atoms with Gasteiger partial charge in [0.15, 0.2) is 0 Å². The number of carbonyl (C=O) groups excluding carboxylic acids is 2. The third-order valence-electron chi connectivity index (χ3n) is 3.99. The summed E-state index contributed by atoms with van der Waals surface area (Å²) < 4.78 is 25.1. The lowest BCUT2D eigenvalue weighted by atomic mass is 10.2. The maximum Gasteiger partial charge on any atom is 0.288 e. The average molecular weight is 485 g/mol. The highest BCUT2D eigenvalue weighted by atomic mass is 35.5. The van der Waals surface area contributed by atoms with E-state index in [-0.39, 0.29) is 24.8 Å². The Labute approximate surface area is 191 Å². The second kappa shape index (κ2) is 10.4. The number of thiocarbonyl (C=S) groups is 1. The first kappa shape index (κ1) is 22.7. The smallest absolute Gasteiger partial charge is 0.288 e. The average Bonchev–Trinajstić information content (AvgIpc) is 2.96. The molecule has 0 aromatic heterocycles. The van der Waals surface area contributed by atoms with Crippen molar-refractivity contribution in [2.45, 2.75) is 17.1 Å². The molecule has 1 fully saturated rings. The summed E-state index contributed by atoms with van der Waals surface area (Å²) in [6.45, 7) is 0.135. The molecule has 1 aliphatic heterocycles. The van der Waals surface area contributed by atoms with Crippen LogP contribution in [0.2, 0.25) is 5.02 Å². The molecule has 2 aromatic carbocycles. The third kappa shape index (κ3) is 6.04. The second-order valence-electron chi connectivity index (χ2n) is 6.06. The molecule has 1 saturated heterocycles. The zero-order chi connectivity index (χ0) is 21.7. The maximum absolute atomic E-state index is 12.6. The monoisotopic (exact) mass is 484 g/mol. The molecule has 0 bridgehead atoms. The first-order valence-corrected chi connectivity index (χ1v) is 11.2. The van der Waals surface area contributed by atoms with E-state index in [1.807, 2.05) is 6.07 Å². The zero-order valence-electron chi connectivity index (χ0n) is 15.3. The Balaban J connectivity index is 1.56. The van der Waals surface area contributed by atoms with E-state index in [4.69, 9.17) is 23.8 Å². The van der Waals surface area contributed by atoms with Crippen molar-refractivity contribution in [1.82, 2.24) is 4.90 Å². The van der Waals surface area contributed by atoms with Gasteiger partial charge >= 0.3 is 0 Å². The van der Waals surface area contributed by atoms with Crippen LogP contribution in [0.15, 0.2) is 58.3 Å². The van der Waals surface area contributed by atoms with Gasteiger partial charge in [-0.25, -0.2) is 0 Å². The maximum atomic E-state index is 12.6. The van der Waals surface area contributed by atoms with Crippen molar-refractivity contribution in [3.8, 4) is 0 Å². The molecule has 0 aliphatic carbocycles. The Kier molecular flexibility index (Phi) is 7.87. The minimum Gasteiger partial charge on any atom is -0.326 e. The van der Waals surface area contributed by atoms with Crippen LogP contribution in [0.25, 0.3) is 6.08 Å². The van der Waals surface area contributed by atoms with Crippen LogP contribution < -0.4 is 5.32 Å². The van der Waals surface area contributed by atoms with Crippen LogP contribution in [-0.4, -0.2) is 33.3 Å². The van der Waals surface area contributed by atoms with Crippen molar-refractivity contribution >= 4 is 75.2 Å². The number of thioether (sulfide) groups is 2. The molecule has 30 heavy (non-hydrogen) atoms. The van der Waals surface area contributed by atoms with E-state index in [0.29, 0.717) is 42.2 Å². The Bertz CT molecular complexity index is 1000. The van der Waals surface area contributed by atoms with Gasteiger partial charge in [-0.2, -0.15) is 8.78 Å². The first-order valence-electron chi connectivity index (χ1n) is 8.68. The lowest BCUT2D eigenvalue weighted by Gasteiger charge is -2.14. The fourth-order valence-corrected chi connectivity index (χ4v) is 4.57. The van der Waals surface area contributed by atoms with E-state index >= 15 is 0 Å². The number of anilines is 1. The van der Waals surface area contributed by atoms with Crippen molar-refractivity contribution in [3.05, 3.63) is 64.0 Å². The molecule has 0 saturated carbocycles. The van der Waals surface area contributed by atoms with Crippen LogP contribution in [0.5, 0.6) is 0 Å². The van der Waals surface area contributed by atoms with Gasteiger partial charge in [0.25, 0.3) is 11.7 Å². The van der Waals surface area contributed by atoms with Gasteiger partial charge in [-0.15, -0.1) is 0 Å². The molecule has 0 spiro atoms. The molecule has 2 amide bonds. The van der Waals surface area contributed by atoms with Crippen LogP contribution in [-0.2, 0) is 9.59 Å². The summed E-state index contributed by atoms with van der Waals surface area (Å²) in [5, 5.41) is 3.21. The number of alkyl halides is 2. The predicted octanol–water partition coefficient (Wildman–Crippen LogP) is 5.88. The topological polar surface area (TPSA) is 49.4 Å². The number of nitrogens with one attached hydrogen (secondary N) is 1. The fourth-order valence-electron chi connectivity index (χ4n) is 2.58. The summed E-state index contributed by atoms with van der Waals surface area (Å²) in [4.78, 5) is 27.1. The van der Waals surface area contributed by atoms with Crippen LogP contribution in [0.1, 0.15) is 12.0 Å². The molecule has 10 heteroatoms. The molecule has 0 unspecified atom stereocenters. The Morgan fingerprint density at radius 2 is 1.93 bits per heavy atom. The molecule has 2 aromatic rings. The second-order valence-corrected chi connectivity index (χ2v) is 9.20. The van der Waals surface area contributed by atoms with Gasteiger partial charge in [0.2, 0.25) is 5.91 Å². The molecule has 1 heterocycles. The Hall–Kier alpha value is -1.94. The van der Waals surface area contributed by atoms with E-state index in [0.717, 1.165) is 11.8 Å². The third-order valence-corrected chi connectivity index (χ3v) is 6.44. The van der Waals surface area contributed by atoms with Gasteiger partial charge < -0.3 is 5.32 Å². The summed E-state index contributed by atoms with van der Waals surface area (Å²) in [7, 11) is 0. The van der Waals surface area contributed by atoms with Gasteiger partial charge in [-0.05, 0) is 42.0 Å². The molecular weight excluding hydrogens is 470 g/mol. The van der Waals surface area contributed by atoms with Gasteiger partial charge in [-0.1, -0.05) is 65.5 Å². The highest BCUT2D eigenvalue weighted by molar-refractivity contribution is 8.26. The number of rotatable bonds is 7. The minimum atomic E-state index is -2.50. The van der Waals surface area contributed by atoms with Crippen LogP contribution in [0.3, 0.4) is 0 Å². The normalized spacial score (nSPS) is 15.3. The number of hydrogen-bond donors (Lipinski definition) is 1. The van der Waals surface area contributed by atoms with Gasteiger partial charge in [0.1, 0.15) is 4.32 Å². The molecule has 4 nitrogen and oxygen atoms in total. The Morgan fingerprint density at radius 3 is 2.60 bits per heavy atom. The quantitative estimate of drug-likeness (QED) is 0.302. The number of nitrogens with zero attached hydrogens (tertiary/aromatic N) is 1. The molecule has 1 aliphatic rings. The molecule has 0 atom stereocenters. The first-order chi connectivity index (χ1) is 14.3. The van der Waals surface area contributed by atoms with Crippen LogP contribution in [0.4, 0.5) is 14.5 Å². The fraction of sp³-hybridized carbons (Fsp3) is 0.150. The summed E-state index contributed by atoms with van der Waals surface area (Å²) in [6, 6.07) is 13.3. The van der Waals surface area contributed by atoms with Crippen molar-refractivity contribution in [3.63, 3.8) is 0 Å². The standard InChI is InChI=1S/C20H15ClF2N2O2S3/c21-15-4-2-1-3-12(15)11-16-18(27)25(20(28)30-16)10-9-17(26)24-13-5-7-14(8-6-13)29-19(22)23/h1-8,11,19H,9-10H2,(H,24,26). The van der Waals surface area contributed by atoms with Crippen LogP contribution in [0, 0.1) is 0 Å². The molecule has 3 rings (SSSR count). The number of amides is 2. The summed E-state index contributed by atoms with van der Waals surface area (Å²) >= 11 is 13.0. The van der Waals surface area contributed by atoms with Gasteiger partial charge in [0.05, 0.1) is 4.91 Å². The van der Waals surface area contributed by atoms with Crippen LogP contribution >= 0.6 is 47.3 Å². The van der Waals surface area contributed by atoms with E-state index in [9.17, 15) is 18.4 Å². The number of carbonyl (C=O) groups is 2. The Morgan fingerprint density at radius 1 is 1.23 bits per heavy atom. The lowest BCUT2D eigenvalue weighted by Crippen LogP contribution is -2.31. The highest BCUT2D eigenvalue weighted by Gasteiger charge is 2.32. The van der Waals surface area contributed by atoms with E-state index in [1.165, 1.54) is 17.0 Å². The predicted molar refractivity (Wildman–Crippen MR) is 123 cm³/mol. The van der Waals surface area contributed by atoms with Crippen molar-refractivity contribution < 1.29 is 18.4 Å². The number of benzene rings is 2. The summed E-state index contributed by atoms with van der Waals surface area (Å²) in [5.41, 5.74) is 1.20. The summed E-state index contributed by atoms with van der Waals surface area (Å²) in [6.07, 6.45) is 1.72. The van der Waals surface area contributed by atoms with Gasteiger partial charge in [0, 0.05) is 28.6 Å². The van der Waals surface area contributed by atoms with E-state index < -0.39 is 5.76 Å². The van der Waals surface area contributed by atoms with E-state index in [1.54, 1.807) is 36.4 Å². The van der Waals surface area contributed by atoms with Crippen molar-refractivity contribution in [2.75, 3.05) is 11.9 Å². The minimum absolute atomic E-state index is 0.0410. The zero-order valence-corrected chi connectivity index (χ0v) is 18.5. The molecular formula is C20H15ClF2N2O2S3. The number of hydrogen-bond acceptors (Lipinski definition) is 5. The number of halogens is 3. The lowest BCUT2D eigenvalue weighted by molar-refractivity contribution is -0.122. The SMILES string of the molecule is O=C(CCN1C(=O)C(=Cc2ccccc2Cl)SC1=S)Nc1ccc(SC(F)F)cc1. The van der Waals surface area contributed by atoms with Gasteiger partial charge in [-0.3, -0.25) is 14.5 Å². The molecule has 156 valence electrons. The summed E-state index contributed by atoms with van der Waals surface area (Å²) in [5.74, 6) is -3.08. The highest BCUT2D eigenvalue weighted by Crippen LogP contribution is 2.33. The molecule has 0 radical (unpaired) electrons. The van der Waals surface area contributed by atoms with Crippen molar-refractivity contribution in [1.29, 1.82) is 0 Å². The molecule has 1 N–H and O–H groups in total. The largest absolute Gasteiger partial charge is 0.326 e.